The van der Waals surface area contributed by atoms with Crippen LogP contribution in [-0.2, 0) is 35.3 Å². The molecular formula is C18H24Cl2O4P2Zr. The molecule has 2 aliphatic carbocycles. The van der Waals surface area contributed by atoms with Crippen LogP contribution in [0.3, 0.4) is 0 Å². The van der Waals surface area contributed by atoms with Crippen LogP contribution < -0.4 is 34.6 Å². The molecule has 0 bridgehead atoms. The maximum Gasteiger partial charge on any atom is 4.00 e. The molecule has 0 saturated carbocycles. The second-order valence-corrected chi connectivity index (χ2v) is 9.48. The molecule has 9 heteroatoms. The minimum Gasteiger partial charge on any atom is -1.00 e. The molecule has 0 aromatic carbocycles. The quantitative estimate of drug-likeness (QED) is 0.304. The normalized spacial score (nSPS) is 27.3. The van der Waals surface area contributed by atoms with Crippen molar-refractivity contribution in [3.05, 3.63) is 45.6 Å². The largest absolute Gasteiger partial charge is 4.00 e. The SMILES string of the molecule is CC1=[C-]C(C)([P+](=O)[O-])C(C)=C1C.CC1=[C-]C(C)([P+](=O)[O-])C(C)=C1C.[Cl-].[Cl-].[Zr+4]. The van der Waals surface area contributed by atoms with Crippen molar-refractivity contribution in [2.24, 2.45) is 0 Å². The molecule has 0 N–H and O–H groups in total. The second kappa shape index (κ2) is 11.7. The van der Waals surface area contributed by atoms with Crippen LogP contribution in [0.1, 0.15) is 55.4 Å². The van der Waals surface area contributed by atoms with Crippen LogP contribution in [0.4, 0.5) is 0 Å². The predicted octanol–water partition coefficient (Wildman–Crippen LogP) is -2.10. The molecule has 0 aromatic rings. The first-order chi connectivity index (χ1) is 10.8. The maximum atomic E-state index is 11.0. The molecule has 4 nitrogen and oxygen atoms in total. The van der Waals surface area contributed by atoms with Gasteiger partial charge in [-0.3, -0.25) is 0 Å². The van der Waals surface area contributed by atoms with E-state index in [1.54, 1.807) is 13.8 Å². The fraction of sp³-hybridized carbons (Fsp3) is 0.556. The van der Waals surface area contributed by atoms with E-state index in [0.717, 1.165) is 33.4 Å². The standard InChI is InChI=1S/2C9H12O2P.2ClH.Zr/c2*1-6-5-9(4,12(10)11)8(3)7(6)2;;;/h2*1-4H3;2*1H;/q2*-1;;;+4/p-2. The molecular weight excluding hydrogens is 504 g/mol. The summed E-state index contributed by atoms with van der Waals surface area (Å²) in [6, 6.07) is 0. The Bertz CT molecular complexity index is 682. The van der Waals surface area contributed by atoms with E-state index in [0.29, 0.717) is 0 Å². The van der Waals surface area contributed by atoms with Gasteiger partial charge >= 0.3 is 42.3 Å². The average molecular weight is 528 g/mol. The first-order valence-corrected chi connectivity index (χ1v) is 10.0. The van der Waals surface area contributed by atoms with Crippen molar-refractivity contribution in [1.29, 1.82) is 0 Å². The van der Waals surface area contributed by atoms with Crippen LogP contribution in [-0.4, -0.2) is 10.3 Å². The molecule has 4 atom stereocenters. The Morgan fingerprint density at radius 2 is 0.926 bits per heavy atom. The van der Waals surface area contributed by atoms with Gasteiger partial charge in [-0.15, -0.1) is 25.0 Å². The number of halogens is 2. The van der Waals surface area contributed by atoms with E-state index in [4.69, 9.17) is 0 Å². The van der Waals surface area contributed by atoms with Crippen molar-refractivity contribution in [3.63, 3.8) is 0 Å². The smallest absolute Gasteiger partial charge is 1.00 e. The molecule has 4 unspecified atom stereocenters. The van der Waals surface area contributed by atoms with Gasteiger partial charge in [0.25, 0.3) is 0 Å². The molecule has 0 aliphatic heterocycles. The maximum absolute atomic E-state index is 11.0. The molecule has 0 saturated heterocycles. The number of hydrogen-bond donors (Lipinski definition) is 0. The summed E-state index contributed by atoms with van der Waals surface area (Å²) in [6.07, 6.45) is 5.95. The monoisotopic (exact) mass is 526 g/mol. The molecule has 27 heavy (non-hydrogen) atoms. The first kappa shape index (κ1) is 32.2. The van der Waals surface area contributed by atoms with Gasteiger partial charge in [-0.1, -0.05) is 36.8 Å². The summed E-state index contributed by atoms with van der Waals surface area (Å²) >= 11 is 0. The molecule has 0 amide bonds. The third-order valence-corrected chi connectivity index (χ3v) is 7.66. The zero-order chi connectivity index (χ0) is 19.0. The number of allylic oxidation sites excluding steroid dienone is 8. The summed E-state index contributed by atoms with van der Waals surface area (Å²) in [4.78, 5) is 21.9. The van der Waals surface area contributed by atoms with Gasteiger partial charge in [0, 0.05) is 0 Å². The third-order valence-electron chi connectivity index (χ3n) is 5.30. The molecule has 0 spiro atoms. The second-order valence-electron chi connectivity index (χ2n) is 6.66. The molecule has 0 radical (unpaired) electrons. The van der Waals surface area contributed by atoms with Gasteiger partial charge in [0.2, 0.25) is 0 Å². The van der Waals surface area contributed by atoms with Crippen molar-refractivity contribution >= 4 is 16.1 Å². The van der Waals surface area contributed by atoms with Gasteiger partial charge in [0.15, 0.2) is 0 Å². The minimum atomic E-state index is -2.47. The summed E-state index contributed by atoms with van der Waals surface area (Å²) in [7, 11) is -4.93. The molecule has 0 aromatic heterocycles. The van der Waals surface area contributed by atoms with E-state index in [9.17, 15) is 18.9 Å². The van der Waals surface area contributed by atoms with E-state index >= 15 is 0 Å². The minimum absolute atomic E-state index is 0. The van der Waals surface area contributed by atoms with Crippen molar-refractivity contribution < 1.29 is 69.9 Å². The summed E-state index contributed by atoms with van der Waals surface area (Å²) in [5.74, 6) is 0. The Morgan fingerprint density at radius 3 is 1.00 bits per heavy atom. The number of hydrogen-bond acceptors (Lipinski definition) is 4. The Labute approximate surface area is 196 Å². The molecule has 2 rings (SSSR count). The van der Waals surface area contributed by atoms with Gasteiger partial charge < -0.3 is 34.6 Å². The zero-order valence-corrected chi connectivity index (χ0v) is 22.5. The van der Waals surface area contributed by atoms with Crippen LogP contribution in [0.25, 0.3) is 0 Å². The molecule has 2 aliphatic rings. The molecule has 0 heterocycles. The van der Waals surface area contributed by atoms with Gasteiger partial charge in [-0.2, -0.15) is 11.1 Å². The zero-order valence-electron chi connectivity index (χ0n) is 16.8. The van der Waals surface area contributed by atoms with Crippen molar-refractivity contribution in [2.45, 2.75) is 65.7 Å². The van der Waals surface area contributed by atoms with Gasteiger partial charge in [0.05, 0.1) is 0 Å². The van der Waals surface area contributed by atoms with Crippen molar-refractivity contribution in [2.75, 3.05) is 0 Å². The Hall–Kier alpha value is 0.543. The van der Waals surface area contributed by atoms with Crippen molar-refractivity contribution in [3.8, 4) is 0 Å². The predicted molar refractivity (Wildman–Crippen MR) is 93.6 cm³/mol. The van der Waals surface area contributed by atoms with Crippen LogP contribution in [0.15, 0.2) is 33.4 Å². The first-order valence-electron chi connectivity index (χ1n) is 7.68. The fourth-order valence-corrected chi connectivity index (χ4v) is 4.16. The van der Waals surface area contributed by atoms with E-state index in [-0.39, 0.29) is 51.0 Å². The summed E-state index contributed by atoms with van der Waals surface area (Å²) in [6.45, 7) is 14.7. The van der Waals surface area contributed by atoms with E-state index < -0.39 is 26.4 Å². The Balaban J connectivity index is -0.000000384. The van der Waals surface area contributed by atoms with Crippen LogP contribution in [0.2, 0.25) is 0 Å². The van der Waals surface area contributed by atoms with Crippen LogP contribution in [0, 0.1) is 12.2 Å². The van der Waals surface area contributed by atoms with Gasteiger partial charge in [-0.25, -0.2) is 23.3 Å². The van der Waals surface area contributed by atoms with Crippen molar-refractivity contribution in [1.82, 2.24) is 0 Å². The summed E-state index contributed by atoms with van der Waals surface area (Å²) < 4.78 is 21.9. The molecule has 148 valence electrons. The molecule has 0 fully saturated rings. The van der Waals surface area contributed by atoms with E-state index in [2.05, 4.69) is 12.2 Å². The van der Waals surface area contributed by atoms with Gasteiger partial charge in [-0.05, 0) is 13.8 Å². The van der Waals surface area contributed by atoms with Crippen LogP contribution in [0.5, 0.6) is 0 Å². The van der Waals surface area contributed by atoms with E-state index in [1.807, 2.05) is 41.5 Å². The van der Waals surface area contributed by atoms with E-state index in [1.165, 1.54) is 0 Å². The summed E-state index contributed by atoms with van der Waals surface area (Å²) in [5.41, 5.74) is 5.81. The van der Waals surface area contributed by atoms with Crippen LogP contribution >= 0.6 is 16.1 Å². The topological polar surface area (TPSA) is 80.3 Å². The Kier molecular flexibility index (Phi) is 13.9. The fourth-order valence-electron chi connectivity index (χ4n) is 2.76. The Morgan fingerprint density at radius 1 is 0.704 bits per heavy atom. The van der Waals surface area contributed by atoms with Gasteiger partial charge in [0.1, 0.15) is 10.3 Å². The number of rotatable bonds is 2. The average Bonchev–Trinajstić information content (AvgIpc) is 2.82. The third kappa shape index (κ3) is 6.26. The summed E-state index contributed by atoms with van der Waals surface area (Å²) in [5, 5.41) is -1.72.